The molecule has 1 aliphatic rings. The molecule has 0 aliphatic carbocycles. The second-order valence-corrected chi connectivity index (χ2v) is 7.25. The van der Waals surface area contributed by atoms with E-state index in [1.807, 2.05) is 25.1 Å². The van der Waals surface area contributed by atoms with Gasteiger partial charge in [-0.05, 0) is 36.8 Å². The number of rotatable bonds is 4. The number of nitro groups is 1. The van der Waals surface area contributed by atoms with Crippen LogP contribution in [0.15, 0.2) is 42.5 Å². The molecule has 4 rings (SSSR count). The molecule has 2 aromatic carbocycles. The standard InChI is InChI=1S/C21H22N6O4/c1-14-3-8-17-18(13-14)23-20(31-2)19(22-17)24-21(28)26-11-9-25(10-12-26)15-4-6-16(7-5-15)27(29)30/h3-8,13H,9-12H2,1-2H3,(H,22,24,28). The van der Waals surface area contributed by atoms with Crippen LogP contribution in [0.5, 0.6) is 5.88 Å². The predicted molar refractivity (Wildman–Crippen MR) is 117 cm³/mol. The molecule has 0 radical (unpaired) electrons. The molecule has 0 spiro atoms. The second-order valence-electron chi connectivity index (χ2n) is 7.25. The third-order valence-corrected chi connectivity index (χ3v) is 5.20. The first kappa shape index (κ1) is 20.3. The summed E-state index contributed by atoms with van der Waals surface area (Å²) in [7, 11) is 1.49. The van der Waals surface area contributed by atoms with Crippen LogP contribution < -0.4 is 15.0 Å². The van der Waals surface area contributed by atoms with Crippen molar-refractivity contribution < 1.29 is 14.5 Å². The van der Waals surface area contributed by atoms with Gasteiger partial charge in [0.2, 0.25) is 0 Å². The van der Waals surface area contributed by atoms with Crippen molar-refractivity contribution >= 4 is 34.3 Å². The number of urea groups is 1. The Morgan fingerprint density at radius 1 is 1.06 bits per heavy atom. The topological polar surface area (TPSA) is 114 Å². The number of aromatic nitrogens is 2. The van der Waals surface area contributed by atoms with E-state index >= 15 is 0 Å². The van der Waals surface area contributed by atoms with E-state index in [1.165, 1.54) is 19.2 Å². The molecule has 0 bridgehead atoms. The maximum absolute atomic E-state index is 12.8. The van der Waals surface area contributed by atoms with Gasteiger partial charge in [0.15, 0.2) is 5.82 Å². The van der Waals surface area contributed by atoms with Gasteiger partial charge in [-0.3, -0.25) is 15.4 Å². The van der Waals surface area contributed by atoms with Crippen LogP contribution in [0.2, 0.25) is 0 Å². The lowest BCUT2D eigenvalue weighted by Gasteiger charge is -2.36. The summed E-state index contributed by atoms with van der Waals surface area (Å²) in [5.41, 5.74) is 3.38. The van der Waals surface area contributed by atoms with Crippen LogP contribution in [-0.4, -0.2) is 59.1 Å². The lowest BCUT2D eigenvalue weighted by Crippen LogP contribution is -2.50. The third kappa shape index (κ3) is 4.32. The number of aryl methyl sites for hydroxylation is 1. The van der Waals surface area contributed by atoms with Gasteiger partial charge in [-0.2, -0.15) is 0 Å². The Morgan fingerprint density at radius 2 is 1.77 bits per heavy atom. The Labute approximate surface area is 178 Å². The molecule has 160 valence electrons. The quantitative estimate of drug-likeness (QED) is 0.507. The molecule has 1 aliphatic heterocycles. The average Bonchev–Trinajstić information content (AvgIpc) is 2.79. The van der Waals surface area contributed by atoms with E-state index in [-0.39, 0.29) is 23.4 Å². The Morgan fingerprint density at radius 3 is 2.42 bits per heavy atom. The molecule has 1 fully saturated rings. The van der Waals surface area contributed by atoms with Crippen molar-refractivity contribution in [1.82, 2.24) is 14.9 Å². The zero-order valence-electron chi connectivity index (χ0n) is 17.2. The molecular weight excluding hydrogens is 400 g/mol. The zero-order chi connectivity index (χ0) is 22.0. The molecule has 31 heavy (non-hydrogen) atoms. The van der Waals surface area contributed by atoms with Gasteiger partial charge < -0.3 is 14.5 Å². The van der Waals surface area contributed by atoms with Crippen molar-refractivity contribution in [3.63, 3.8) is 0 Å². The molecule has 0 unspecified atom stereocenters. The number of nitro benzene ring substituents is 1. The Bertz CT molecular complexity index is 1130. The molecule has 0 saturated carbocycles. The number of non-ortho nitro benzene ring substituents is 1. The minimum atomic E-state index is -0.419. The minimum absolute atomic E-state index is 0.0577. The van der Waals surface area contributed by atoms with Crippen LogP contribution in [0.25, 0.3) is 11.0 Å². The molecule has 2 heterocycles. The van der Waals surface area contributed by atoms with Crippen LogP contribution in [-0.2, 0) is 0 Å². The fourth-order valence-electron chi connectivity index (χ4n) is 3.51. The summed E-state index contributed by atoms with van der Waals surface area (Å²) in [4.78, 5) is 35.9. The lowest BCUT2D eigenvalue weighted by atomic mass is 10.2. The highest BCUT2D eigenvalue weighted by Gasteiger charge is 2.23. The number of carbonyl (C=O) groups excluding carboxylic acids is 1. The smallest absolute Gasteiger partial charge is 0.323 e. The van der Waals surface area contributed by atoms with E-state index in [2.05, 4.69) is 20.2 Å². The highest BCUT2D eigenvalue weighted by atomic mass is 16.6. The zero-order valence-corrected chi connectivity index (χ0v) is 17.2. The summed E-state index contributed by atoms with van der Waals surface area (Å²) in [5.74, 6) is 0.539. The number of carbonyl (C=O) groups is 1. The number of hydrogen-bond donors (Lipinski definition) is 1. The van der Waals surface area contributed by atoms with Crippen LogP contribution >= 0.6 is 0 Å². The average molecular weight is 422 g/mol. The maximum Gasteiger partial charge on any atom is 0.323 e. The summed E-state index contributed by atoms with van der Waals surface area (Å²) < 4.78 is 5.32. The Balaban J connectivity index is 1.42. The molecule has 2 amide bonds. The number of amides is 2. The summed E-state index contributed by atoms with van der Waals surface area (Å²) in [6, 6.07) is 11.9. The van der Waals surface area contributed by atoms with E-state index in [0.29, 0.717) is 37.2 Å². The first-order valence-electron chi connectivity index (χ1n) is 9.82. The fraction of sp³-hybridized carbons (Fsp3) is 0.286. The first-order valence-corrected chi connectivity index (χ1v) is 9.82. The normalized spacial score (nSPS) is 13.9. The van der Waals surface area contributed by atoms with Gasteiger partial charge in [-0.15, -0.1) is 0 Å². The molecule has 1 saturated heterocycles. The summed E-state index contributed by atoms with van der Waals surface area (Å²) >= 11 is 0. The van der Waals surface area contributed by atoms with E-state index in [4.69, 9.17) is 4.74 Å². The Kier molecular flexibility index (Phi) is 5.52. The SMILES string of the molecule is COc1nc2cc(C)ccc2nc1NC(=O)N1CCN(c2ccc([N+](=O)[O-])cc2)CC1. The highest BCUT2D eigenvalue weighted by molar-refractivity contribution is 5.91. The molecule has 10 nitrogen and oxygen atoms in total. The number of nitrogens with one attached hydrogen (secondary N) is 1. The number of nitrogens with zero attached hydrogens (tertiary/aromatic N) is 5. The maximum atomic E-state index is 12.8. The van der Waals surface area contributed by atoms with Crippen LogP contribution in [0.3, 0.4) is 0 Å². The summed E-state index contributed by atoms with van der Waals surface area (Å²) in [5, 5.41) is 13.6. The molecule has 1 N–H and O–H groups in total. The first-order chi connectivity index (χ1) is 14.9. The predicted octanol–water partition coefficient (Wildman–Crippen LogP) is 3.21. The van der Waals surface area contributed by atoms with Crippen molar-refractivity contribution in [2.24, 2.45) is 0 Å². The molecule has 1 aromatic heterocycles. The third-order valence-electron chi connectivity index (χ3n) is 5.20. The van der Waals surface area contributed by atoms with Gasteiger partial charge in [0.1, 0.15) is 0 Å². The van der Waals surface area contributed by atoms with Crippen LogP contribution in [0.1, 0.15) is 5.56 Å². The number of fused-ring (bicyclic) bond motifs is 1. The number of benzene rings is 2. The lowest BCUT2D eigenvalue weighted by molar-refractivity contribution is -0.384. The molecule has 10 heteroatoms. The number of piperazine rings is 1. The van der Waals surface area contributed by atoms with Gasteiger partial charge in [-0.1, -0.05) is 6.07 Å². The van der Waals surface area contributed by atoms with Crippen LogP contribution in [0, 0.1) is 17.0 Å². The van der Waals surface area contributed by atoms with Gasteiger partial charge in [0.05, 0.1) is 23.1 Å². The molecule has 0 atom stereocenters. The highest BCUT2D eigenvalue weighted by Crippen LogP contribution is 2.25. The second kappa shape index (κ2) is 8.42. The number of anilines is 2. The number of ether oxygens (including phenoxy) is 1. The van der Waals surface area contributed by atoms with Crippen molar-refractivity contribution in [3.05, 3.63) is 58.1 Å². The van der Waals surface area contributed by atoms with E-state index < -0.39 is 4.92 Å². The molecule has 3 aromatic rings. The van der Waals surface area contributed by atoms with E-state index in [9.17, 15) is 14.9 Å². The largest absolute Gasteiger partial charge is 0.478 e. The van der Waals surface area contributed by atoms with Gasteiger partial charge in [0, 0.05) is 44.0 Å². The van der Waals surface area contributed by atoms with Crippen molar-refractivity contribution in [1.29, 1.82) is 0 Å². The Hall–Kier alpha value is -3.95. The fourth-order valence-corrected chi connectivity index (χ4v) is 3.51. The van der Waals surface area contributed by atoms with Gasteiger partial charge in [0.25, 0.3) is 11.6 Å². The summed E-state index contributed by atoms with van der Waals surface area (Å²) in [6.07, 6.45) is 0. The number of hydrogen-bond acceptors (Lipinski definition) is 7. The van der Waals surface area contributed by atoms with E-state index in [1.54, 1.807) is 17.0 Å². The van der Waals surface area contributed by atoms with Crippen molar-refractivity contribution in [2.75, 3.05) is 43.5 Å². The van der Waals surface area contributed by atoms with E-state index in [0.717, 1.165) is 11.3 Å². The van der Waals surface area contributed by atoms with Gasteiger partial charge >= 0.3 is 6.03 Å². The minimum Gasteiger partial charge on any atom is -0.478 e. The van der Waals surface area contributed by atoms with Crippen molar-refractivity contribution in [2.45, 2.75) is 6.92 Å². The monoisotopic (exact) mass is 422 g/mol. The number of methoxy groups -OCH3 is 1. The summed E-state index contributed by atoms with van der Waals surface area (Å²) in [6.45, 7) is 4.21. The van der Waals surface area contributed by atoms with Gasteiger partial charge in [-0.25, -0.2) is 14.8 Å². The molecular formula is C21H22N6O4. The van der Waals surface area contributed by atoms with Crippen molar-refractivity contribution in [3.8, 4) is 5.88 Å². The van der Waals surface area contributed by atoms with Crippen LogP contribution in [0.4, 0.5) is 22.0 Å².